The largest absolute Gasteiger partial charge is 0.386 e. The molecule has 11 heteroatoms. The molecule has 1 amide bonds. The van der Waals surface area contributed by atoms with Crippen molar-refractivity contribution in [2.24, 2.45) is 0 Å². The number of nitrogens with zero attached hydrogens (tertiary/aromatic N) is 2. The molecule has 7 nitrogen and oxygen atoms in total. The number of aromatic nitrogens is 1. The summed E-state index contributed by atoms with van der Waals surface area (Å²) in [6.45, 7) is -1.24. The topological polar surface area (TPSA) is 120 Å². The minimum absolute atomic E-state index is 0.0800. The van der Waals surface area contributed by atoms with Crippen LogP contribution in [0.1, 0.15) is 22.6 Å². The number of halogens is 3. The summed E-state index contributed by atoms with van der Waals surface area (Å²) in [7, 11) is -3.64. The first-order valence-corrected chi connectivity index (χ1v) is 10.5. The molecule has 3 atom stereocenters. The summed E-state index contributed by atoms with van der Waals surface area (Å²) in [4.78, 5) is 15.1. The molecule has 0 bridgehead atoms. The number of amides is 1. The standard InChI is InChI=1S/C19H18F3N3O4S/c1-30(28,29)16(9-23)14-7-6-13(10-24-14)11-2-4-12(5-3-11)17(26)15(8-20)25-19(27)18(21)22/h2-7,10,15-18,26H,8H2,1H3,(H,25,27). The molecule has 1 heterocycles. The number of aliphatic hydroxyl groups excluding tert-OH is 1. The van der Waals surface area contributed by atoms with E-state index in [1.54, 1.807) is 29.6 Å². The first-order valence-electron chi connectivity index (χ1n) is 8.55. The van der Waals surface area contributed by atoms with Crippen LogP contribution >= 0.6 is 0 Å². The number of hydrogen-bond donors (Lipinski definition) is 2. The maximum atomic E-state index is 13.1. The fraction of sp³-hybridized carbons (Fsp3) is 0.316. The number of benzene rings is 1. The summed E-state index contributed by atoms with van der Waals surface area (Å²) in [6.07, 6.45) is -2.55. The lowest BCUT2D eigenvalue weighted by atomic mass is 9.99. The van der Waals surface area contributed by atoms with Gasteiger partial charge in [0.2, 0.25) is 0 Å². The van der Waals surface area contributed by atoms with Crippen molar-refractivity contribution in [3.63, 3.8) is 0 Å². The summed E-state index contributed by atoms with van der Waals surface area (Å²) >= 11 is 0. The second-order valence-electron chi connectivity index (χ2n) is 6.45. The summed E-state index contributed by atoms with van der Waals surface area (Å²) in [5.41, 5.74) is 1.47. The predicted molar refractivity (Wildman–Crippen MR) is 102 cm³/mol. The van der Waals surface area contributed by atoms with E-state index < -0.39 is 46.2 Å². The third-order valence-electron chi connectivity index (χ3n) is 4.26. The van der Waals surface area contributed by atoms with Crippen LogP contribution in [0.2, 0.25) is 0 Å². The van der Waals surface area contributed by atoms with Gasteiger partial charge in [0.25, 0.3) is 5.91 Å². The Morgan fingerprint density at radius 1 is 1.20 bits per heavy atom. The van der Waals surface area contributed by atoms with Crippen LogP contribution in [-0.2, 0) is 14.6 Å². The molecule has 30 heavy (non-hydrogen) atoms. The van der Waals surface area contributed by atoms with Crippen molar-refractivity contribution in [2.75, 3.05) is 12.9 Å². The molecule has 0 spiro atoms. The quantitative estimate of drug-likeness (QED) is 0.647. The molecular weight excluding hydrogens is 423 g/mol. The van der Waals surface area contributed by atoms with Crippen molar-refractivity contribution < 1.29 is 31.5 Å². The van der Waals surface area contributed by atoms with E-state index >= 15 is 0 Å². The van der Waals surface area contributed by atoms with Crippen molar-refractivity contribution in [3.05, 3.63) is 53.9 Å². The Balaban J connectivity index is 2.19. The smallest absolute Gasteiger partial charge is 0.315 e. The maximum absolute atomic E-state index is 13.1. The third-order valence-corrected chi connectivity index (χ3v) is 5.46. The molecule has 1 aromatic carbocycles. The molecule has 0 aliphatic carbocycles. The zero-order valence-electron chi connectivity index (χ0n) is 15.7. The highest BCUT2D eigenvalue weighted by Gasteiger charge is 2.26. The summed E-state index contributed by atoms with van der Waals surface area (Å²) < 4.78 is 61.0. The SMILES string of the molecule is CS(=O)(=O)C(C#N)c1ccc(-c2ccc(C(O)C(CF)NC(=O)C(F)F)cc2)cn1. The van der Waals surface area contributed by atoms with E-state index in [0.29, 0.717) is 11.1 Å². The van der Waals surface area contributed by atoms with E-state index in [2.05, 4.69) is 4.98 Å². The maximum Gasteiger partial charge on any atom is 0.315 e. The van der Waals surface area contributed by atoms with Gasteiger partial charge in [0.1, 0.15) is 12.8 Å². The van der Waals surface area contributed by atoms with Gasteiger partial charge < -0.3 is 10.4 Å². The van der Waals surface area contributed by atoms with Crippen LogP contribution in [0.3, 0.4) is 0 Å². The first kappa shape index (κ1) is 23.3. The van der Waals surface area contributed by atoms with Gasteiger partial charge >= 0.3 is 6.43 Å². The number of nitriles is 1. The monoisotopic (exact) mass is 441 g/mol. The molecule has 2 N–H and O–H groups in total. The Bertz CT molecular complexity index is 1020. The summed E-state index contributed by atoms with van der Waals surface area (Å²) in [5, 5.41) is 19.6. The molecule has 160 valence electrons. The number of rotatable bonds is 8. The number of alkyl halides is 3. The molecule has 0 aliphatic heterocycles. The number of hydrogen-bond acceptors (Lipinski definition) is 6. The van der Waals surface area contributed by atoms with Crippen LogP contribution in [0.5, 0.6) is 0 Å². The lowest BCUT2D eigenvalue weighted by Crippen LogP contribution is -2.43. The van der Waals surface area contributed by atoms with Gasteiger partial charge in [-0.2, -0.15) is 14.0 Å². The second kappa shape index (κ2) is 9.69. The highest BCUT2D eigenvalue weighted by Crippen LogP contribution is 2.25. The molecule has 2 aromatic rings. The van der Waals surface area contributed by atoms with E-state index in [0.717, 1.165) is 6.26 Å². The summed E-state index contributed by atoms with van der Waals surface area (Å²) in [5.74, 6) is -1.68. The Morgan fingerprint density at radius 2 is 1.80 bits per heavy atom. The van der Waals surface area contributed by atoms with Crippen molar-refractivity contribution in [2.45, 2.75) is 23.8 Å². The highest BCUT2D eigenvalue weighted by atomic mass is 32.2. The normalized spacial score (nSPS) is 14.6. The molecule has 1 aromatic heterocycles. The number of sulfone groups is 1. The predicted octanol–water partition coefficient (Wildman–Crippen LogP) is 2.11. The van der Waals surface area contributed by atoms with Gasteiger partial charge in [0.15, 0.2) is 15.1 Å². The lowest BCUT2D eigenvalue weighted by Gasteiger charge is -2.22. The van der Waals surface area contributed by atoms with Crippen LogP contribution in [0.15, 0.2) is 42.6 Å². The van der Waals surface area contributed by atoms with Crippen molar-refractivity contribution in [3.8, 4) is 17.2 Å². The Kier molecular flexibility index (Phi) is 7.53. The lowest BCUT2D eigenvalue weighted by molar-refractivity contribution is -0.133. The molecule has 0 radical (unpaired) electrons. The van der Waals surface area contributed by atoms with Crippen molar-refractivity contribution >= 4 is 15.7 Å². The van der Waals surface area contributed by atoms with Gasteiger partial charge in [-0.15, -0.1) is 0 Å². The summed E-state index contributed by atoms with van der Waals surface area (Å²) in [6, 6.07) is 9.10. The Hall–Kier alpha value is -2.97. The number of carbonyl (C=O) groups excluding carboxylic acids is 1. The number of carbonyl (C=O) groups is 1. The van der Waals surface area contributed by atoms with Gasteiger partial charge in [0.05, 0.1) is 17.8 Å². The van der Waals surface area contributed by atoms with E-state index in [9.17, 15) is 31.5 Å². The number of pyridine rings is 1. The van der Waals surface area contributed by atoms with E-state index in [1.165, 1.54) is 24.4 Å². The molecular formula is C19H18F3N3O4S. The van der Waals surface area contributed by atoms with Gasteiger partial charge in [0, 0.05) is 18.0 Å². The number of aliphatic hydroxyl groups is 1. The van der Waals surface area contributed by atoms with Crippen LogP contribution in [0.4, 0.5) is 13.2 Å². The fourth-order valence-electron chi connectivity index (χ4n) is 2.67. The van der Waals surface area contributed by atoms with Crippen LogP contribution < -0.4 is 5.32 Å². The third kappa shape index (κ3) is 5.55. The van der Waals surface area contributed by atoms with Crippen molar-refractivity contribution in [1.82, 2.24) is 10.3 Å². The molecule has 3 unspecified atom stereocenters. The average molecular weight is 441 g/mol. The van der Waals surface area contributed by atoms with Gasteiger partial charge in [-0.25, -0.2) is 12.8 Å². The average Bonchev–Trinajstić information content (AvgIpc) is 2.71. The van der Waals surface area contributed by atoms with E-state index in [1.807, 2.05) is 0 Å². The van der Waals surface area contributed by atoms with Gasteiger partial charge in [-0.1, -0.05) is 30.3 Å². The van der Waals surface area contributed by atoms with Gasteiger partial charge in [-0.05, 0) is 17.2 Å². The fourth-order valence-corrected chi connectivity index (χ4v) is 3.43. The van der Waals surface area contributed by atoms with Crippen LogP contribution in [0, 0.1) is 11.3 Å². The zero-order valence-corrected chi connectivity index (χ0v) is 16.5. The molecule has 0 saturated carbocycles. The Morgan fingerprint density at radius 3 is 2.23 bits per heavy atom. The van der Waals surface area contributed by atoms with Crippen LogP contribution in [0.25, 0.3) is 11.1 Å². The number of nitrogens with one attached hydrogen (secondary N) is 1. The zero-order chi connectivity index (χ0) is 22.5. The van der Waals surface area contributed by atoms with Gasteiger partial charge in [-0.3, -0.25) is 9.78 Å². The van der Waals surface area contributed by atoms with E-state index in [-0.39, 0.29) is 11.3 Å². The first-order chi connectivity index (χ1) is 14.1. The van der Waals surface area contributed by atoms with Crippen molar-refractivity contribution in [1.29, 1.82) is 5.26 Å². The second-order valence-corrected chi connectivity index (χ2v) is 8.58. The molecule has 2 rings (SSSR count). The minimum atomic E-state index is -3.64. The minimum Gasteiger partial charge on any atom is -0.386 e. The molecule has 0 aliphatic rings. The molecule has 0 fully saturated rings. The Labute approximate surface area is 171 Å². The molecule has 0 saturated heterocycles. The highest BCUT2D eigenvalue weighted by molar-refractivity contribution is 7.91. The van der Waals surface area contributed by atoms with Crippen LogP contribution in [-0.4, -0.2) is 49.8 Å². The van der Waals surface area contributed by atoms with E-state index in [4.69, 9.17) is 5.26 Å².